The quantitative estimate of drug-likeness (QED) is 0.794. The molecule has 0 saturated heterocycles. The first-order valence-corrected chi connectivity index (χ1v) is 6.98. The highest BCUT2D eigenvalue weighted by Crippen LogP contribution is 2.43. The Bertz CT molecular complexity index is 662. The molecule has 5 heteroatoms. The Kier molecular flexibility index (Phi) is 3.48. The van der Waals surface area contributed by atoms with Crippen LogP contribution in [0.4, 0.5) is 10.1 Å². The zero-order chi connectivity index (χ0) is 14.3. The Morgan fingerprint density at radius 3 is 2.75 bits per heavy atom. The van der Waals surface area contributed by atoms with Gasteiger partial charge in [0.1, 0.15) is 11.9 Å². The van der Waals surface area contributed by atoms with E-state index < -0.39 is 0 Å². The average molecular weight is 312 g/mol. The van der Waals surface area contributed by atoms with Crippen LogP contribution in [0, 0.1) is 5.82 Å². The molecule has 0 saturated carbocycles. The number of rotatable bonds is 1. The van der Waals surface area contributed by atoms with Crippen molar-refractivity contribution in [1.82, 2.24) is 0 Å². The molecule has 2 nitrogen and oxygen atoms in total. The summed E-state index contributed by atoms with van der Waals surface area (Å²) in [6, 6.07) is 9.74. The SMILES string of the molecule is CC1Nc2cc(Cl)cc(Cl)c2OC1c1cccc(F)c1. The Morgan fingerprint density at radius 1 is 1.20 bits per heavy atom. The predicted molar refractivity (Wildman–Crippen MR) is 79.3 cm³/mol. The summed E-state index contributed by atoms with van der Waals surface area (Å²) in [7, 11) is 0. The summed E-state index contributed by atoms with van der Waals surface area (Å²) < 4.78 is 19.3. The number of fused-ring (bicyclic) bond motifs is 1. The van der Waals surface area contributed by atoms with E-state index in [2.05, 4.69) is 5.32 Å². The molecular formula is C15H12Cl2FNO. The molecule has 104 valence electrons. The first-order chi connectivity index (χ1) is 9.54. The van der Waals surface area contributed by atoms with Gasteiger partial charge in [0.05, 0.1) is 16.8 Å². The van der Waals surface area contributed by atoms with Crippen LogP contribution in [-0.2, 0) is 0 Å². The molecule has 3 rings (SSSR count). The summed E-state index contributed by atoms with van der Waals surface area (Å²) in [5, 5.41) is 4.27. The number of halogens is 3. The first-order valence-electron chi connectivity index (χ1n) is 6.22. The number of hydrogen-bond donors (Lipinski definition) is 1. The van der Waals surface area contributed by atoms with Crippen molar-refractivity contribution >= 4 is 28.9 Å². The number of nitrogens with one attached hydrogen (secondary N) is 1. The summed E-state index contributed by atoms with van der Waals surface area (Å²) in [4.78, 5) is 0. The van der Waals surface area contributed by atoms with Crippen LogP contribution in [0.3, 0.4) is 0 Å². The van der Waals surface area contributed by atoms with Crippen LogP contribution in [0.25, 0.3) is 0 Å². The van der Waals surface area contributed by atoms with Crippen LogP contribution in [0.1, 0.15) is 18.6 Å². The number of anilines is 1. The number of hydrogen-bond acceptors (Lipinski definition) is 2. The fourth-order valence-corrected chi connectivity index (χ4v) is 2.92. The summed E-state index contributed by atoms with van der Waals surface area (Å²) in [5.74, 6) is 0.259. The predicted octanol–water partition coefficient (Wildman–Crippen LogP) is 5.07. The first kappa shape index (κ1) is 13.5. The van der Waals surface area contributed by atoms with Gasteiger partial charge in [0.15, 0.2) is 5.75 Å². The van der Waals surface area contributed by atoms with E-state index in [1.54, 1.807) is 18.2 Å². The lowest BCUT2D eigenvalue weighted by Gasteiger charge is -2.34. The molecule has 1 N–H and O–H groups in total. The molecular weight excluding hydrogens is 300 g/mol. The number of ether oxygens (including phenoxy) is 1. The van der Waals surface area contributed by atoms with E-state index in [0.717, 1.165) is 11.3 Å². The monoisotopic (exact) mass is 311 g/mol. The molecule has 0 fully saturated rings. The Balaban J connectivity index is 2.00. The fraction of sp³-hybridized carbons (Fsp3) is 0.200. The lowest BCUT2D eigenvalue weighted by molar-refractivity contribution is 0.177. The van der Waals surface area contributed by atoms with Gasteiger partial charge in [-0.2, -0.15) is 0 Å². The minimum atomic E-state index is -0.308. The Morgan fingerprint density at radius 2 is 2.00 bits per heavy atom. The van der Waals surface area contributed by atoms with Gasteiger partial charge in [-0.05, 0) is 36.8 Å². The van der Waals surface area contributed by atoms with Gasteiger partial charge in [-0.25, -0.2) is 4.39 Å². The third-order valence-electron chi connectivity index (χ3n) is 3.27. The van der Waals surface area contributed by atoms with Crippen LogP contribution >= 0.6 is 23.2 Å². The van der Waals surface area contributed by atoms with E-state index in [4.69, 9.17) is 27.9 Å². The second-order valence-electron chi connectivity index (χ2n) is 4.79. The van der Waals surface area contributed by atoms with Gasteiger partial charge in [0.25, 0.3) is 0 Å². The van der Waals surface area contributed by atoms with Crippen molar-refractivity contribution in [3.05, 3.63) is 57.8 Å². The van der Waals surface area contributed by atoms with Gasteiger partial charge in [0, 0.05) is 5.02 Å². The van der Waals surface area contributed by atoms with Crippen LogP contribution in [0.2, 0.25) is 10.0 Å². The molecule has 0 radical (unpaired) electrons. The second kappa shape index (κ2) is 5.15. The number of benzene rings is 2. The minimum absolute atomic E-state index is 0.0289. The van der Waals surface area contributed by atoms with Gasteiger partial charge in [0.2, 0.25) is 0 Å². The van der Waals surface area contributed by atoms with E-state index in [1.165, 1.54) is 12.1 Å². The van der Waals surface area contributed by atoms with Gasteiger partial charge in [-0.3, -0.25) is 0 Å². The maximum atomic E-state index is 13.4. The topological polar surface area (TPSA) is 21.3 Å². The summed E-state index contributed by atoms with van der Waals surface area (Å²) in [5.41, 5.74) is 1.52. The van der Waals surface area contributed by atoms with Gasteiger partial charge in [-0.1, -0.05) is 35.3 Å². The largest absolute Gasteiger partial charge is 0.480 e. The van der Waals surface area contributed by atoms with E-state index >= 15 is 0 Å². The third-order valence-corrected chi connectivity index (χ3v) is 3.77. The zero-order valence-corrected chi connectivity index (χ0v) is 12.2. The van der Waals surface area contributed by atoms with E-state index in [0.29, 0.717) is 15.8 Å². The Hall–Kier alpha value is -1.45. The van der Waals surface area contributed by atoms with Crippen molar-refractivity contribution in [3.63, 3.8) is 0 Å². The Labute approximate surface area is 126 Å². The van der Waals surface area contributed by atoms with Crippen molar-refractivity contribution in [2.24, 2.45) is 0 Å². The highest BCUT2D eigenvalue weighted by atomic mass is 35.5. The standard InChI is InChI=1S/C15H12Cl2FNO/c1-8-14(9-3-2-4-11(18)5-9)20-15-12(17)6-10(16)7-13(15)19-8/h2-8,14,19H,1H3. The highest BCUT2D eigenvalue weighted by Gasteiger charge is 2.29. The van der Waals surface area contributed by atoms with Crippen LogP contribution < -0.4 is 10.1 Å². The molecule has 2 unspecified atom stereocenters. The normalized spacial score (nSPS) is 20.8. The minimum Gasteiger partial charge on any atom is -0.480 e. The fourth-order valence-electron chi connectivity index (χ4n) is 2.38. The highest BCUT2D eigenvalue weighted by molar-refractivity contribution is 6.36. The molecule has 0 aromatic heterocycles. The van der Waals surface area contributed by atoms with E-state index in [9.17, 15) is 4.39 Å². The van der Waals surface area contributed by atoms with Crippen molar-refractivity contribution in [2.45, 2.75) is 19.1 Å². The van der Waals surface area contributed by atoms with Crippen molar-refractivity contribution in [3.8, 4) is 5.75 Å². The van der Waals surface area contributed by atoms with Crippen molar-refractivity contribution in [1.29, 1.82) is 0 Å². The molecule has 0 spiro atoms. The van der Waals surface area contributed by atoms with Crippen molar-refractivity contribution < 1.29 is 9.13 Å². The third kappa shape index (κ3) is 2.43. The molecule has 0 aliphatic carbocycles. The second-order valence-corrected chi connectivity index (χ2v) is 5.63. The van der Waals surface area contributed by atoms with Gasteiger partial charge in [-0.15, -0.1) is 0 Å². The molecule has 0 bridgehead atoms. The molecule has 20 heavy (non-hydrogen) atoms. The van der Waals surface area contributed by atoms with Crippen molar-refractivity contribution in [2.75, 3.05) is 5.32 Å². The molecule has 1 aliphatic rings. The molecule has 0 amide bonds. The molecule has 1 aliphatic heterocycles. The molecule has 2 aromatic carbocycles. The summed E-state index contributed by atoms with van der Waals surface area (Å²) in [6.07, 6.45) is -0.308. The smallest absolute Gasteiger partial charge is 0.162 e. The lowest BCUT2D eigenvalue weighted by Crippen LogP contribution is -2.32. The maximum absolute atomic E-state index is 13.4. The molecule has 2 atom stereocenters. The summed E-state index contributed by atoms with van der Waals surface area (Å²) in [6.45, 7) is 1.97. The van der Waals surface area contributed by atoms with Gasteiger partial charge >= 0.3 is 0 Å². The molecule has 2 aromatic rings. The van der Waals surface area contributed by atoms with Crippen LogP contribution in [0.15, 0.2) is 36.4 Å². The van der Waals surface area contributed by atoms with Crippen LogP contribution in [0.5, 0.6) is 5.75 Å². The average Bonchev–Trinajstić information content (AvgIpc) is 2.37. The van der Waals surface area contributed by atoms with Crippen LogP contribution in [-0.4, -0.2) is 6.04 Å². The lowest BCUT2D eigenvalue weighted by atomic mass is 10.0. The van der Waals surface area contributed by atoms with Gasteiger partial charge < -0.3 is 10.1 Å². The van der Waals surface area contributed by atoms with E-state index in [-0.39, 0.29) is 18.0 Å². The zero-order valence-electron chi connectivity index (χ0n) is 10.7. The molecule has 1 heterocycles. The van der Waals surface area contributed by atoms with E-state index in [1.807, 2.05) is 13.0 Å². The maximum Gasteiger partial charge on any atom is 0.162 e. The summed E-state index contributed by atoms with van der Waals surface area (Å²) >= 11 is 12.1.